The van der Waals surface area contributed by atoms with Crippen LogP contribution >= 0.6 is 22.6 Å². The topological polar surface area (TPSA) is 78.5 Å². The predicted molar refractivity (Wildman–Crippen MR) is 105 cm³/mol. The molecule has 1 aromatic rings. The fraction of sp³-hybridized carbons (Fsp3) is 0.500. The molecule has 0 saturated carbocycles. The number of anilines is 1. The van der Waals surface area contributed by atoms with Crippen LogP contribution in [0.1, 0.15) is 45.1 Å². The quantitative estimate of drug-likeness (QED) is 0.487. The molecule has 0 atom stereocenters. The summed E-state index contributed by atoms with van der Waals surface area (Å²) in [4.78, 5) is 38.4. The number of carbonyl (C=O) groups is 3. The van der Waals surface area contributed by atoms with Crippen LogP contribution in [0, 0.1) is 10.5 Å². The number of nitrogens with one attached hydrogen (secondary N) is 2. The molecule has 0 radical (unpaired) electrons. The van der Waals surface area contributed by atoms with E-state index in [0.717, 1.165) is 26.9 Å². The summed E-state index contributed by atoms with van der Waals surface area (Å²) in [6.45, 7) is 5.59. The molecule has 1 heterocycles. The Bertz CT molecular complexity index is 684. The summed E-state index contributed by atoms with van der Waals surface area (Å²) in [5, 5.41) is 5.59. The van der Waals surface area contributed by atoms with E-state index in [4.69, 9.17) is 0 Å². The first kappa shape index (κ1) is 19.7. The Morgan fingerprint density at radius 2 is 1.88 bits per heavy atom. The Morgan fingerprint density at radius 3 is 2.44 bits per heavy atom. The standard InChI is InChI=1S/C18H24IN3O3/c1-4-8-18(9-5-2)16(24)22(17(25)21-18)11-15(23)20-14-7-6-13(19)10-12(14)3/h6-7,10H,4-5,8-9,11H2,1-3H3,(H,20,23)(H,21,25). The van der Waals surface area contributed by atoms with Gasteiger partial charge >= 0.3 is 6.03 Å². The molecule has 0 aliphatic carbocycles. The van der Waals surface area contributed by atoms with E-state index >= 15 is 0 Å². The van der Waals surface area contributed by atoms with Gasteiger partial charge in [-0.1, -0.05) is 26.7 Å². The molecule has 0 unspecified atom stereocenters. The smallest absolute Gasteiger partial charge is 0.324 e. The molecule has 7 heteroatoms. The van der Waals surface area contributed by atoms with E-state index in [9.17, 15) is 14.4 Å². The molecule has 1 fully saturated rings. The summed E-state index contributed by atoms with van der Waals surface area (Å²) in [7, 11) is 0. The van der Waals surface area contributed by atoms with E-state index in [0.29, 0.717) is 18.5 Å². The predicted octanol–water partition coefficient (Wildman–Crippen LogP) is 3.43. The van der Waals surface area contributed by atoms with Gasteiger partial charge in [-0.2, -0.15) is 0 Å². The van der Waals surface area contributed by atoms with E-state index in [1.54, 1.807) is 0 Å². The third-order valence-corrected chi connectivity index (χ3v) is 5.03. The summed E-state index contributed by atoms with van der Waals surface area (Å²) < 4.78 is 1.08. The van der Waals surface area contributed by atoms with Crippen molar-refractivity contribution in [1.82, 2.24) is 10.2 Å². The first-order valence-electron chi connectivity index (χ1n) is 8.53. The fourth-order valence-corrected chi connectivity index (χ4v) is 3.88. The van der Waals surface area contributed by atoms with Crippen LogP contribution in [0.15, 0.2) is 18.2 Å². The summed E-state index contributed by atoms with van der Waals surface area (Å²) in [6.07, 6.45) is 2.74. The normalized spacial score (nSPS) is 16.1. The molecule has 6 nitrogen and oxygen atoms in total. The number of carbonyl (C=O) groups excluding carboxylic acids is 3. The third-order valence-electron chi connectivity index (χ3n) is 4.36. The zero-order valence-corrected chi connectivity index (χ0v) is 17.0. The molecule has 25 heavy (non-hydrogen) atoms. The van der Waals surface area contributed by atoms with Gasteiger partial charge in [0, 0.05) is 9.26 Å². The number of aryl methyl sites for hydroxylation is 1. The van der Waals surface area contributed by atoms with Gasteiger partial charge in [0.2, 0.25) is 5.91 Å². The minimum atomic E-state index is -0.861. The number of hydrogen-bond acceptors (Lipinski definition) is 3. The Morgan fingerprint density at radius 1 is 1.24 bits per heavy atom. The van der Waals surface area contributed by atoms with Crippen molar-refractivity contribution < 1.29 is 14.4 Å². The van der Waals surface area contributed by atoms with Crippen molar-refractivity contribution in [3.05, 3.63) is 27.3 Å². The van der Waals surface area contributed by atoms with E-state index in [1.807, 2.05) is 39.0 Å². The van der Waals surface area contributed by atoms with E-state index in [-0.39, 0.29) is 18.4 Å². The average Bonchev–Trinajstić information content (AvgIpc) is 2.75. The van der Waals surface area contributed by atoms with Crippen molar-refractivity contribution in [2.45, 2.75) is 52.0 Å². The van der Waals surface area contributed by atoms with Crippen molar-refractivity contribution in [1.29, 1.82) is 0 Å². The Labute approximate surface area is 161 Å². The molecule has 0 aromatic heterocycles. The van der Waals surface area contributed by atoms with E-state index in [2.05, 4.69) is 33.2 Å². The highest BCUT2D eigenvalue weighted by atomic mass is 127. The van der Waals surface area contributed by atoms with Crippen LogP contribution in [0.2, 0.25) is 0 Å². The van der Waals surface area contributed by atoms with Gasteiger partial charge in [-0.05, 0) is 66.1 Å². The first-order chi connectivity index (χ1) is 11.8. The van der Waals surface area contributed by atoms with Crippen LogP contribution in [-0.2, 0) is 9.59 Å². The largest absolute Gasteiger partial charge is 0.325 e. The van der Waals surface area contributed by atoms with Gasteiger partial charge in [0.25, 0.3) is 5.91 Å². The molecule has 1 aliphatic rings. The lowest BCUT2D eigenvalue weighted by Crippen LogP contribution is -2.47. The Kier molecular flexibility index (Phi) is 6.42. The van der Waals surface area contributed by atoms with Gasteiger partial charge in [0.05, 0.1) is 0 Å². The van der Waals surface area contributed by atoms with Crippen molar-refractivity contribution in [2.75, 3.05) is 11.9 Å². The van der Waals surface area contributed by atoms with Crippen LogP contribution in [0.5, 0.6) is 0 Å². The number of rotatable bonds is 7. The number of hydrogen-bond donors (Lipinski definition) is 2. The number of imide groups is 1. The van der Waals surface area contributed by atoms with Crippen LogP contribution in [0.4, 0.5) is 10.5 Å². The van der Waals surface area contributed by atoms with Gasteiger partial charge in [-0.25, -0.2) is 4.79 Å². The monoisotopic (exact) mass is 457 g/mol. The zero-order chi connectivity index (χ0) is 18.6. The molecule has 1 aliphatic heterocycles. The average molecular weight is 457 g/mol. The number of halogens is 1. The summed E-state index contributed by atoms with van der Waals surface area (Å²) >= 11 is 2.20. The molecule has 136 valence electrons. The Hall–Kier alpha value is -1.64. The van der Waals surface area contributed by atoms with Gasteiger partial charge in [0.1, 0.15) is 12.1 Å². The maximum atomic E-state index is 12.8. The summed E-state index contributed by atoms with van der Waals surface area (Å²) in [5.74, 6) is -0.674. The maximum absolute atomic E-state index is 12.8. The molecule has 2 N–H and O–H groups in total. The highest BCUT2D eigenvalue weighted by Gasteiger charge is 2.50. The zero-order valence-electron chi connectivity index (χ0n) is 14.8. The molecule has 1 aromatic carbocycles. The SMILES string of the molecule is CCCC1(CCC)NC(=O)N(CC(=O)Nc2ccc(I)cc2C)C1=O. The van der Waals surface area contributed by atoms with E-state index < -0.39 is 11.6 Å². The van der Waals surface area contributed by atoms with Gasteiger partial charge in [0.15, 0.2) is 0 Å². The molecule has 2 rings (SSSR count). The van der Waals surface area contributed by atoms with Crippen LogP contribution in [0.25, 0.3) is 0 Å². The molecular formula is C18H24IN3O3. The number of urea groups is 1. The molecule has 1 saturated heterocycles. The molecule has 0 bridgehead atoms. The minimum absolute atomic E-state index is 0.273. The minimum Gasteiger partial charge on any atom is -0.324 e. The Balaban J connectivity index is 2.09. The number of amides is 4. The van der Waals surface area contributed by atoms with Crippen LogP contribution in [0.3, 0.4) is 0 Å². The lowest BCUT2D eigenvalue weighted by atomic mass is 9.88. The maximum Gasteiger partial charge on any atom is 0.325 e. The highest BCUT2D eigenvalue weighted by Crippen LogP contribution is 2.28. The van der Waals surface area contributed by atoms with Crippen LogP contribution < -0.4 is 10.6 Å². The first-order valence-corrected chi connectivity index (χ1v) is 9.61. The molecular weight excluding hydrogens is 433 g/mol. The van der Waals surface area contributed by atoms with Gasteiger partial charge < -0.3 is 10.6 Å². The summed E-state index contributed by atoms with van der Waals surface area (Å²) in [5.41, 5.74) is 0.759. The van der Waals surface area contributed by atoms with Gasteiger partial charge in [-0.3, -0.25) is 14.5 Å². The molecule has 4 amide bonds. The van der Waals surface area contributed by atoms with Crippen molar-refractivity contribution >= 4 is 46.1 Å². The number of nitrogens with zero attached hydrogens (tertiary/aromatic N) is 1. The lowest BCUT2D eigenvalue weighted by Gasteiger charge is -2.25. The van der Waals surface area contributed by atoms with Crippen LogP contribution in [-0.4, -0.2) is 34.8 Å². The van der Waals surface area contributed by atoms with E-state index in [1.165, 1.54) is 0 Å². The second-order valence-corrected chi connectivity index (χ2v) is 7.66. The third kappa shape index (κ3) is 4.31. The second kappa shape index (κ2) is 8.16. The molecule has 0 spiro atoms. The fourth-order valence-electron chi connectivity index (χ4n) is 3.24. The van der Waals surface area contributed by atoms with Gasteiger partial charge in [-0.15, -0.1) is 0 Å². The van der Waals surface area contributed by atoms with Crippen molar-refractivity contribution in [3.8, 4) is 0 Å². The summed E-state index contributed by atoms with van der Waals surface area (Å²) in [6, 6.07) is 5.18. The highest BCUT2D eigenvalue weighted by molar-refractivity contribution is 14.1. The van der Waals surface area contributed by atoms with Crippen molar-refractivity contribution in [3.63, 3.8) is 0 Å². The lowest BCUT2D eigenvalue weighted by molar-refractivity contribution is -0.134. The second-order valence-electron chi connectivity index (χ2n) is 6.41. The number of benzene rings is 1. The van der Waals surface area contributed by atoms with Crippen molar-refractivity contribution in [2.24, 2.45) is 0 Å².